The number of likely N-dealkylation sites (tertiary alicyclic amines) is 2. The van der Waals surface area contributed by atoms with E-state index in [0.717, 1.165) is 51.7 Å². The molecule has 0 aliphatic carbocycles. The van der Waals surface area contributed by atoms with Crippen molar-refractivity contribution in [3.05, 3.63) is 35.9 Å². The number of urea groups is 1. The molecule has 2 saturated heterocycles. The highest BCUT2D eigenvalue weighted by atomic mass is 16.2. The van der Waals surface area contributed by atoms with Gasteiger partial charge in [0.1, 0.15) is 0 Å². The predicted molar refractivity (Wildman–Crippen MR) is 98.3 cm³/mol. The molecule has 2 fully saturated rings. The van der Waals surface area contributed by atoms with Crippen LogP contribution < -0.4 is 5.32 Å². The molecule has 0 spiro atoms. The molecule has 3 rings (SSSR count). The van der Waals surface area contributed by atoms with Gasteiger partial charge in [-0.3, -0.25) is 4.79 Å². The fraction of sp³-hybridized carbons (Fsp3) is 0.600. The van der Waals surface area contributed by atoms with E-state index in [2.05, 4.69) is 29.6 Å². The third-order valence-corrected chi connectivity index (χ3v) is 5.47. The summed E-state index contributed by atoms with van der Waals surface area (Å²) in [6.07, 6.45) is 5.98. The van der Waals surface area contributed by atoms with Crippen LogP contribution in [-0.4, -0.2) is 53.5 Å². The largest absolute Gasteiger partial charge is 0.343 e. The molecule has 3 amide bonds. The molecule has 136 valence electrons. The molecule has 0 bridgehead atoms. The van der Waals surface area contributed by atoms with Gasteiger partial charge in [-0.2, -0.15) is 0 Å². The summed E-state index contributed by atoms with van der Waals surface area (Å²) in [6, 6.07) is 11.0. The summed E-state index contributed by atoms with van der Waals surface area (Å²) in [6.45, 7) is 3.94. The van der Waals surface area contributed by atoms with E-state index in [9.17, 15) is 9.59 Å². The van der Waals surface area contributed by atoms with Crippen molar-refractivity contribution in [2.75, 3.05) is 19.6 Å². The number of nitrogens with one attached hydrogen (secondary N) is 1. The molecule has 0 unspecified atom stereocenters. The Bertz CT molecular complexity index is 582. The SMILES string of the molecule is CC(=O)N1CCC(NC(=O)N2CCCC[C@@H]2Cc2ccccc2)CC1. The van der Waals surface area contributed by atoms with E-state index in [0.29, 0.717) is 0 Å². The summed E-state index contributed by atoms with van der Waals surface area (Å²) >= 11 is 0. The quantitative estimate of drug-likeness (QED) is 0.917. The fourth-order valence-corrected chi connectivity index (χ4v) is 3.96. The molecule has 2 aliphatic heterocycles. The summed E-state index contributed by atoms with van der Waals surface area (Å²) in [5.41, 5.74) is 1.29. The second-order valence-electron chi connectivity index (χ2n) is 7.26. The van der Waals surface area contributed by atoms with Gasteiger partial charge < -0.3 is 15.1 Å². The van der Waals surface area contributed by atoms with E-state index in [1.165, 1.54) is 12.0 Å². The minimum Gasteiger partial charge on any atom is -0.343 e. The van der Waals surface area contributed by atoms with Gasteiger partial charge in [0, 0.05) is 38.6 Å². The number of rotatable bonds is 3. The molecule has 25 heavy (non-hydrogen) atoms. The van der Waals surface area contributed by atoms with Crippen molar-refractivity contribution >= 4 is 11.9 Å². The monoisotopic (exact) mass is 343 g/mol. The number of carbonyl (C=O) groups is 2. The van der Waals surface area contributed by atoms with Gasteiger partial charge in [0.05, 0.1) is 0 Å². The molecular formula is C20H29N3O2. The van der Waals surface area contributed by atoms with Gasteiger partial charge in [-0.25, -0.2) is 4.79 Å². The molecule has 1 N–H and O–H groups in total. The Hall–Kier alpha value is -2.04. The molecule has 1 aromatic rings. The highest BCUT2D eigenvalue weighted by molar-refractivity contribution is 5.75. The van der Waals surface area contributed by atoms with Crippen LogP contribution in [0.2, 0.25) is 0 Å². The lowest BCUT2D eigenvalue weighted by Crippen LogP contribution is -2.54. The van der Waals surface area contributed by atoms with Gasteiger partial charge in [-0.1, -0.05) is 30.3 Å². The molecule has 5 nitrogen and oxygen atoms in total. The van der Waals surface area contributed by atoms with Crippen LogP contribution in [0, 0.1) is 0 Å². The number of piperidine rings is 2. The lowest BCUT2D eigenvalue weighted by molar-refractivity contribution is -0.129. The van der Waals surface area contributed by atoms with Crippen molar-refractivity contribution < 1.29 is 9.59 Å². The molecule has 0 saturated carbocycles. The summed E-state index contributed by atoms with van der Waals surface area (Å²) in [5, 5.41) is 3.21. The maximum atomic E-state index is 12.8. The first kappa shape index (κ1) is 17.8. The zero-order chi connectivity index (χ0) is 17.6. The molecule has 5 heteroatoms. The van der Waals surface area contributed by atoms with Crippen molar-refractivity contribution in [2.24, 2.45) is 0 Å². The van der Waals surface area contributed by atoms with Crippen LogP contribution in [-0.2, 0) is 11.2 Å². The van der Waals surface area contributed by atoms with Crippen LogP contribution in [0.4, 0.5) is 4.79 Å². The van der Waals surface area contributed by atoms with Crippen LogP contribution in [0.3, 0.4) is 0 Å². The van der Waals surface area contributed by atoms with E-state index in [-0.39, 0.29) is 24.0 Å². The summed E-state index contributed by atoms with van der Waals surface area (Å²) in [5.74, 6) is 0.128. The number of benzene rings is 1. The second-order valence-corrected chi connectivity index (χ2v) is 7.26. The third-order valence-electron chi connectivity index (χ3n) is 5.47. The minimum absolute atomic E-state index is 0.0712. The van der Waals surface area contributed by atoms with Crippen LogP contribution in [0.25, 0.3) is 0 Å². The van der Waals surface area contributed by atoms with Crippen molar-refractivity contribution in [3.63, 3.8) is 0 Å². The Morgan fingerprint density at radius 3 is 2.44 bits per heavy atom. The first-order valence-electron chi connectivity index (χ1n) is 9.50. The smallest absolute Gasteiger partial charge is 0.317 e. The lowest BCUT2D eigenvalue weighted by Gasteiger charge is -2.38. The first-order chi connectivity index (χ1) is 12.1. The Labute approximate surface area is 150 Å². The van der Waals surface area contributed by atoms with Crippen molar-refractivity contribution in [1.82, 2.24) is 15.1 Å². The van der Waals surface area contributed by atoms with Crippen LogP contribution in [0.5, 0.6) is 0 Å². The number of hydrogen-bond donors (Lipinski definition) is 1. The number of amides is 3. The van der Waals surface area contributed by atoms with Crippen LogP contribution in [0.1, 0.15) is 44.6 Å². The Balaban J connectivity index is 1.55. The maximum absolute atomic E-state index is 12.8. The lowest BCUT2D eigenvalue weighted by atomic mass is 9.96. The minimum atomic E-state index is 0.0712. The molecule has 2 heterocycles. The summed E-state index contributed by atoms with van der Waals surface area (Å²) in [4.78, 5) is 28.1. The molecule has 0 radical (unpaired) electrons. The maximum Gasteiger partial charge on any atom is 0.317 e. The molecule has 0 aromatic heterocycles. The van der Waals surface area contributed by atoms with Gasteiger partial charge in [-0.15, -0.1) is 0 Å². The fourth-order valence-electron chi connectivity index (χ4n) is 3.96. The van der Waals surface area contributed by atoms with Gasteiger partial charge in [0.2, 0.25) is 5.91 Å². The normalized spacial score (nSPS) is 21.9. The van der Waals surface area contributed by atoms with Gasteiger partial charge in [0.15, 0.2) is 0 Å². The summed E-state index contributed by atoms with van der Waals surface area (Å²) < 4.78 is 0. The number of hydrogen-bond acceptors (Lipinski definition) is 2. The number of nitrogens with zero attached hydrogens (tertiary/aromatic N) is 2. The average molecular weight is 343 g/mol. The van der Waals surface area contributed by atoms with Gasteiger partial charge >= 0.3 is 6.03 Å². The van der Waals surface area contributed by atoms with Gasteiger partial charge in [0.25, 0.3) is 0 Å². The standard InChI is InChI=1S/C20H29N3O2/c1-16(24)22-13-10-18(11-14-22)21-20(25)23-12-6-5-9-19(23)15-17-7-3-2-4-8-17/h2-4,7-8,18-19H,5-6,9-15H2,1H3,(H,21,25)/t19-/m1/s1. The highest BCUT2D eigenvalue weighted by Gasteiger charge is 2.29. The van der Waals surface area contributed by atoms with Gasteiger partial charge in [-0.05, 0) is 44.1 Å². The Morgan fingerprint density at radius 2 is 1.76 bits per heavy atom. The second kappa shape index (κ2) is 8.37. The van der Waals surface area contributed by atoms with Crippen LogP contribution >= 0.6 is 0 Å². The topological polar surface area (TPSA) is 52.7 Å². The highest BCUT2D eigenvalue weighted by Crippen LogP contribution is 2.21. The number of carbonyl (C=O) groups excluding carboxylic acids is 2. The Morgan fingerprint density at radius 1 is 1.04 bits per heavy atom. The third kappa shape index (κ3) is 4.74. The van der Waals surface area contributed by atoms with E-state index in [4.69, 9.17) is 0 Å². The van der Waals surface area contributed by atoms with Crippen LogP contribution in [0.15, 0.2) is 30.3 Å². The zero-order valence-electron chi connectivity index (χ0n) is 15.1. The summed E-state index contributed by atoms with van der Waals surface area (Å²) in [7, 11) is 0. The molecule has 2 aliphatic rings. The van der Waals surface area contributed by atoms with Crippen molar-refractivity contribution in [1.29, 1.82) is 0 Å². The van der Waals surface area contributed by atoms with Crippen molar-refractivity contribution in [3.8, 4) is 0 Å². The van der Waals surface area contributed by atoms with E-state index in [1.54, 1.807) is 6.92 Å². The van der Waals surface area contributed by atoms with Crippen molar-refractivity contribution in [2.45, 2.75) is 57.5 Å². The molecular weight excluding hydrogens is 314 g/mol. The average Bonchev–Trinajstić information content (AvgIpc) is 2.63. The molecule has 1 aromatic carbocycles. The Kier molecular flexibility index (Phi) is 5.95. The first-order valence-corrected chi connectivity index (χ1v) is 9.50. The van der Waals surface area contributed by atoms with E-state index >= 15 is 0 Å². The van der Waals surface area contributed by atoms with E-state index in [1.807, 2.05) is 15.9 Å². The molecule has 1 atom stereocenters. The zero-order valence-corrected chi connectivity index (χ0v) is 15.1. The predicted octanol–water partition coefficient (Wildman–Crippen LogP) is 2.80. The van der Waals surface area contributed by atoms with E-state index < -0.39 is 0 Å².